The monoisotopic (exact) mass is 254 g/mol. The predicted octanol–water partition coefficient (Wildman–Crippen LogP) is 3.36. The fourth-order valence-corrected chi connectivity index (χ4v) is 1.87. The maximum absolute atomic E-state index is 4.39. The Labute approximate surface area is 113 Å². The molecule has 0 saturated carbocycles. The molecule has 4 nitrogen and oxygen atoms in total. The summed E-state index contributed by atoms with van der Waals surface area (Å²) in [5, 5.41) is 5.38. The van der Waals surface area contributed by atoms with Gasteiger partial charge in [-0.25, -0.2) is 0 Å². The Morgan fingerprint density at radius 2 is 1.79 bits per heavy atom. The van der Waals surface area contributed by atoms with E-state index < -0.39 is 0 Å². The van der Waals surface area contributed by atoms with Gasteiger partial charge in [0, 0.05) is 24.8 Å². The molecular weight excluding hydrogens is 236 g/mol. The van der Waals surface area contributed by atoms with Crippen LogP contribution in [0.15, 0.2) is 36.8 Å². The summed E-state index contributed by atoms with van der Waals surface area (Å²) in [4.78, 5) is 8.73. The second kappa shape index (κ2) is 5.61. The second-order valence-electron chi connectivity index (χ2n) is 4.15. The molecule has 98 valence electrons. The Bertz CT molecular complexity index is 685. The van der Waals surface area contributed by atoms with Crippen molar-refractivity contribution < 1.29 is 0 Å². The van der Waals surface area contributed by atoms with Crippen molar-refractivity contribution in [2.45, 2.75) is 20.8 Å². The highest BCUT2D eigenvalue weighted by Gasteiger charge is 2.04. The molecule has 0 aliphatic rings. The zero-order valence-electron chi connectivity index (χ0n) is 11.8. The van der Waals surface area contributed by atoms with Gasteiger partial charge in [0.1, 0.15) is 5.52 Å². The quantitative estimate of drug-likeness (QED) is 0.668. The highest BCUT2D eigenvalue weighted by Crippen LogP contribution is 2.19. The molecule has 0 amide bonds. The van der Waals surface area contributed by atoms with Crippen molar-refractivity contribution in [2.75, 3.05) is 0 Å². The number of hydrogen-bond acceptors (Lipinski definition) is 3. The first-order chi connectivity index (χ1) is 9.22. The lowest BCUT2D eigenvalue weighted by atomic mass is 10.2. The van der Waals surface area contributed by atoms with Crippen molar-refractivity contribution >= 4 is 10.9 Å². The molecule has 0 N–H and O–H groups in total. The molecule has 0 aliphatic carbocycles. The molecule has 0 aliphatic heterocycles. The van der Waals surface area contributed by atoms with E-state index in [4.69, 9.17) is 0 Å². The van der Waals surface area contributed by atoms with Crippen LogP contribution in [0.25, 0.3) is 22.3 Å². The van der Waals surface area contributed by atoms with Gasteiger partial charge in [-0.15, -0.1) is 0 Å². The molecule has 3 heterocycles. The third kappa shape index (κ3) is 2.78. The summed E-state index contributed by atoms with van der Waals surface area (Å²) in [6, 6.07) is 6.03. The molecule has 3 aromatic heterocycles. The van der Waals surface area contributed by atoms with E-state index in [0.29, 0.717) is 0 Å². The summed E-state index contributed by atoms with van der Waals surface area (Å²) in [5.74, 6) is 0. The summed E-state index contributed by atoms with van der Waals surface area (Å²) in [7, 11) is 1.91. The average Bonchev–Trinajstić information content (AvgIpc) is 2.80. The summed E-state index contributed by atoms with van der Waals surface area (Å²) in [6.07, 6.45) is 5.57. The van der Waals surface area contributed by atoms with E-state index in [-0.39, 0.29) is 0 Å². The number of pyridine rings is 2. The number of fused-ring (bicyclic) bond motifs is 1. The van der Waals surface area contributed by atoms with Crippen LogP contribution >= 0.6 is 0 Å². The first-order valence-electron chi connectivity index (χ1n) is 6.45. The van der Waals surface area contributed by atoms with Crippen molar-refractivity contribution in [1.29, 1.82) is 0 Å². The van der Waals surface area contributed by atoms with Gasteiger partial charge in [0.2, 0.25) is 0 Å². The molecule has 0 unspecified atom stereocenters. The summed E-state index contributed by atoms with van der Waals surface area (Å²) < 4.78 is 1.79. The van der Waals surface area contributed by atoms with Crippen LogP contribution in [0.1, 0.15) is 19.4 Å². The minimum absolute atomic E-state index is 0.884. The Morgan fingerprint density at radius 1 is 1.05 bits per heavy atom. The standard InChI is InChI=1S/C13H12N4.C2H6/c1-9-3-4-14-11(5-9)12-6-10-8-17(2)16-13(10)7-15-12;1-2/h3-8H,1-2H3;1-2H3. The predicted molar refractivity (Wildman–Crippen MR) is 77.8 cm³/mol. The zero-order valence-corrected chi connectivity index (χ0v) is 11.8. The Kier molecular flexibility index (Phi) is 3.90. The Balaban J connectivity index is 0.000000637. The fourth-order valence-electron chi connectivity index (χ4n) is 1.87. The van der Waals surface area contributed by atoms with Crippen LogP contribution in [0, 0.1) is 6.92 Å². The average molecular weight is 254 g/mol. The van der Waals surface area contributed by atoms with Gasteiger partial charge in [-0.05, 0) is 30.7 Å². The summed E-state index contributed by atoms with van der Waals surface area (Å²) in [6.45, 7) is 6.05. The minimum Gasteiger partial charge on any atom is -0.275 e. The van der Waals surface area contributed by atoms with Gasteiger partial charge in [0.05, 0.1) is 17.6 Å². The van der Waals surface area contributed by atoms with Gasteiger partial charge in [-0.1, -0.05) is 13.8 Å². The van der Waals surface area contributed by atoms with Crippen LogP contribution in [-0.2, 0) is 7.05 Å². The molecule has 0 aromatic carbocycles. The third-order valence-corrected chi connectivity index (χ3v) is 2.68. The number of hydrogen-bond donors (Lipinski definition) is 0. The van der Waals surface area contributed by atoms with Gasteiger partial charge in [0.15, 0.2) is 0 Å². The number of aryl methyl sites for hydroxylation is 2. The number of aromatic nitrogens is 4. The lowest BCUT2D eigenvalue weighted by Crippen LogP contribution is -1.87. The van der Waals surface area contributed by atoms with E-state index in [1.807, 2.05) is 52.2 Å². The topological polar surface area (TPSA) is 43.6 Å². The number of nitrogens with zero attached hydrogens (tertiary/aromatic N) is 4. The highest BCUT2D eigenvalue weighted by atomic mass is 15.2. The van der Waals surface area contributed by atoms with Gasteiger partial charge in [0.25, 0.3) is 0 Å². The molecule has 4 heteroatoms. The van der Waals surface area contributed by atoms with Gasteiger partial charge < -0.3 is 0 Å². The molecule has 0 fully saturated rings. The highest BCUT2D eigenvalue weighted by molar-refractivity contribution is 5.81. The molecule has 0 spiro atoms. The Morgan fingerprint density at radius 3 is 2.53 bits per heavy atom. The maximum Gasteiger partial charge on any atom is 0.111 e. The SMILES string of the molecule is CC.Cc1ccnc(-c2cc3cn(C)nc3cn2)c1. The van der Waals surface area contributed by atoms with E-state index in [0.717, 1.165) is 22.3 Å². The van der Waals surface area contributed by atoms with Crippen LogP contribution in [0.3, 0.4) is 0 Å². The maximum atomic E-state index is 4.39. The van der Waals surface area contributed by atoms with E-state index in [1.54, 1.807) is 17.1 Å². The normalized spacial score (nSPS) is 10.1. The summed E-state index contributed by atoms with van der Waals surface area (Å²) >= 11 is 0. The van der Waals surface area contributed by atoms with Crippen LogP contribution in [0.2, 0.25) is 0 Å². The zero-order chi connectivity index (χ0) is 13.8. The second-order valence-corrected chi connectivity index (χ2v) is 4.15. The van der Waals surface area contributed by atoms with Crippen molar-refractivity contribution in [1.82, 2.24) is 19.7 Å². The molecule has 0 bridgehead atoms. The first-order valence-corrected chi connectivity index (χ1v) is 6.45. The lowest BCUT2D eigenvalue weighted by Gasteiger charge is -2.00. The van der Waals surface area contributed by atoms with E-state index >= 15 is 0 Å². The van der Waals surface area contributed by atoms with E-state index in [2.05, 4.69) is 15.1 Å². The van der Waals surface area contributed by atoms with Crippen LogP contribution in [-0.4, -0.2) is 19.7 Å². The van der Waals surface area contributed by atoms with E-state index in [9.17, 15) is 0 Å². The van der Waals surface area contributed by atoms with Gasteiger partial charge in [-0.3, -0.25) is 14.6 Å². The molecule has 0 radical (unpaired) electrons. The number of rotatable bonds is 1. The molecular formula is C15H18N4. The van der Waals surface area contributed by atoms with Crippen molar-refractivity contribution in [3.05, 3.63) is 42.4 Å². The molecule has 19 heavy (non-hydrogen) atoms. The van der Waals surface area contributed by atoms with Crippen molar-refractivity contribution in [3.63, 3.8) is 0 Å². The van der Waals surface area contributed by atoms with Gasteiger partial charge in [-0.2, -0.15) is 5.10 Å². The molecule has 0 atom stereocenters. The summed E-state index contributed by atoms with van der Waals surface area (Å²) in [5.41, 5.74) is 3.87. The van der Waals surface area contributed by atoms with Crippen LogP contribution in [0.4, 0.5) is 0 Å². The third-order valence-electron chi connectivity index (χ3n) is 2.68. The Hall–Kier alpha value is -2.23. The first kappa shape index (κ1) is 13.2. The smallest absolute Gasteiger partial charge is 0.111 e. The molecule has 3 aromatic rings. The largest absolute Gasteiger partial charge is 0.275 e. The lowest BCUT2D eigenvalue weighted by molar-refractivity contribution is 0.779. The van der Waals surface area contributed by atoms with Crippen molar-refractivity contribution in [3.8, 4) is 11.4 Å². The van der Waals surface area contributed by atoms with Gasteiger partial charge >= 0.3 is 0 Å². The van der Waals surface area contributed by atoms with E-state index in [1.165, 1.54) is 5.56 Å². The van der Waals surface area contributed by atoms with Crippen LogP contribution < -0.4 is 0 Å². The fraction of sp³-hybridized carbons (Fsp3) is 0.267. The minimum atomic E-state index is 0.884. The molecule has 0 saturated heterocycles. The van der Waals surface area contributed by atoms with Crippen molar-refractivity contribution in [2.24, 2.45) is 7.05 Å². The van der Waals surface area contributed by atoms with Crippen LogP contribution in [0.5, 0.6) is 0 Å². The molecule has 3 rings (SSSR count).